The van der Waals surface area contributed by atoms with Crippen LogP contribution in [0.2, 0.25) is 0 Å². The number of urea groups is 1. The first-order chi connectivity index (χ1) is 12.7. The van der Waals surface area contributed by atoms with Crippen molar-refractivity contribution in [1.29, 1.82) is 0 Å². The van der Waals surface area contributed by atoms with E-state index in [1.165, 1.54) is 6.07 Å². The Kier molecular flexibility index (Phi) is 7.22. The molecule has 2 aliphatic heterocycles. The standard InChI is InChI=1S/C19H28FN3O3/c20-17-4-2-1-3-15(17)5-7-21-19(24)22-13-18(16-6-10-26-14-16)23-8-11-25-12-9-23/h1-4,16,18H,5-14H2,(H2,21,22,24). The summed E-state index contributed by atoms with van der Waals surface area (Å²) in [6.07, 6.45) is 1.50. The average molecular weight is 365 g/mol. The summed E-state index contributed by atoms with van der Waals surface area (Å²) in [7, 11) is 0. The number of rotatable bonds is 7. The van der Waals surface area contributed by atoms with E-state index in [-0.39, 0.29) is 17.9 Å². The van der Waals surface area contributed by atoms with E-state index in [2.05, 4.69) is 15.5 Å². The summed E-state index contributed by atoms with van der Waals surface area (Å²) in [5.74, 6) is 0.204. The molecule has 2 unspecified atom stereocenters. The molecule has 2 N–H and O–H groups in total. The number of amides is 2. The van der Waals surface area contributed by atoms with Gasteiger partial charge in [0.1, 0.15) is 5.82 Å². The van der Waals surface area contributed by atoms with Crippen LogP contribution < -0.4 is 10.6 Å². The van der Waals surface area contributed by atoms with E-state index in [1.807, 2.05) is 0 Å². The number of hydrogen-bond acceptors (Lipinski definition) is 4. The Bertz CT molecular complexity index is 575. The fourth-order valence-electron chi connectivity index (χ4n) is 3.63. The SMILES string of the molecule is O=C(NCCc1ccccc1F)NCC(C1CCOC1)N1CCOCC1. The molecule has 0 aliphatic carbocycles. The predicted octanol–water partition coefficient (Wildman–Crippen LogP) is 1.40. The number of hydrogen-bond donors (Lipinski definition) is 2. The monoisotopic (exact) mass is 365 g/mol. The molecule has 0 radical (unpaired) electrons. The molecule has 2 saturated heterocycles. The van der Waals surface area contributed by atoms with Crippen LogP contribution in [0.4, 0.5) is 9.18 Å². The normalized spacial score (nSPS) is 22.1. The highest BCUT2D eigenvalue weighted by atomic mass is 19.1. The summed E-state index contributed by atoms with van der Waals surface area (Å²) in [4.78, 5) is 14.5. The molecule has 7 heteroatoms. The molecule has 0 saturated carbocycles. The summed E-state index contributed by atoms with van der Waals surface area (Å²) in [6, 6.07) is 6.69. The van der Waals surface area contributed by atoms with Crippen molar-refractivity contribution >= 4 is 6.03 Å². The molecule has 26 heavy (non-hydrogen) atoms. The molecule has 2 fully saturated rings. The van der Waals surface area contributed by atoms with Crippen LogP contribution in [0.5, 0.6) is 0 Å². The van der Waals surface area contributed by atoms with E-state index in [1.54, 1.807) is 18.2 Å². The van der Waals surface area contributed by atoms with Crippen LogP contribution >= 0.6 is 0 Å². The van der Waals surface area contributed by atoms with Gasteiger partial charge >= 0.3 is 6.03 Å². The van der Waals surface area contributed by atoms with Crippen molar-refractivity contribution in [3.05, 3.63) is 35.6 Å². The molecule has 1 aromatic rings. The van der Waals surface area contributed by atoms with Crippen molar-refractivity contribution < 1.29 is 18.7 Å². The Balaban J connectivity index is 1.43. The first-order valence-corrected chi connectivity index (χ1v) is 9.38. The van der Waals surface area contributed by atoms with Crippen LogP contribution in [-0.2, 0) is 15.9 Å². The minimum Gasteiger partial charge on any atom is -0.381 e. The summed E-state index contributed by atoms with van der Waals surface area (Å²) in [5.41, 5.74) is 0.613. The second kappa shape index (κ2) is 9.85. The molecule has 0 aromatic heterocycles. The maximum Gasteiger partial charge on any atom is 0.314 e. The molecule has 2 aliphatic rings. The second-order valence-electron chi connectivity index (χ2n) is 6.82. The number of nitrogens with one attached hydrogen (secondary N) is 2. The smallest absolute Gasteiger partial charge is 0.314 e. The Labute approximate surface area is 154 Å². The lowest BCUT2D eigenvalue weighted by Gasteiger charge is -2.37. The van der Waals surface area contributed by atoms with Gasteiger partial charge in [-0.1, -0.05) is 18.2 Å². The molecule has 144 valence electrons. The van der Waals surface area contributed by atoms with Crippen molar-refractivity contribution in [2.24, 2.45) is 5.92 Å². The van der Waals surface area contributed by atoms with Gasteiger partial charge in [0.15, 0.2) is 0 Å². The van der Waals surface area contributed by atoms with Crippen LogP contribution in [0, 0.1) is 11.7 Å². The summed E-state index contributed by atoms with van der Waals surface area (Å²) >= 11 is 0. The maximum absolute atomic E-state index is 13.6. The van der Waals surface area contributed by atoms with Crippen LogP contribution in [-0.4, -0.2) is 69.6 Å². The first kappa shape index (κ1) is 19.1. The minimum absolute atomic E-state index is 0.210. The van der Waals surface area contributed by atoms with Crippen LogP contribution in [0.15, 0.2) is 24.3 Å². The van der Waals surface area contributed by atoms with Gasteiger partial charge in [0.25, 0.3) is 0 Å². The summed E-state index contributed by atoms with van der Waals surface area (Å²) in [6.45, 7) is 5.77. The van der Waals surface area contributed by atoms with Crippen molar-refractivity contribution in [3.63, 3.8) is 0 Å². The number of benzene rings is 1. The molecular weight excluding hydrogens is 337 g/mol. The zero-order chi connectivity index (χ0) is 18.2. The quantitative estimate of drug-likeness (QED) is 0.767. The molecular formula is C19H28FN3O3. The number of carbonyl (C=O) groups excluding carboxylic acids is 1. The van der Waals surface area contributed by atoms with Gasteiger partial charge in [0.2, 0.25) is 0 Å². The van der Waals surface area contributed by atoms with E-state index in [0.29, 0.717) is 31.0 Å². The molecule has 2 heterocycles. The van der Waals surface area contributed by atoms with Gasteiger partial charge in [-0.2, -0.15) is 0 Å². The minimum atomic E-state index is -0.233. The average Bonchev–Trinajstić information content (AvgIpc) is 3.19. The highest BCUT2D eigenvalue weighted by Crippen LogP contribution is 2.21. The molecule has 0 bridgehead atoms. The van der Waals surface area contributed by atoms with Crippen molar-refractivity contribution in [2.75, 3.05) is 52.6 Å². The molecule has 6 nitrogen and oxygen atoms in total. The molecule has 2 amide bonds. The van der Waals surface area contributed by atoms with E-state index >= 15 is 0 Å². The molecule has 2 atom stereocenters. The lowest BCUT2D eigenvalue weighted by Crippen LogP contribution is -2.53. The van der Waals surface area contributed by atoms with E-state index in [0.717, 1.165) is 45.9 Å². The molecule has 1 aromatic carbocycles. The van der Waals surface area contributed by atoms with Crippen molar-refractivity contribution in [2.45, 2.75) is 18.9 Å². The molecule has 3 rings (SSSR count). The lowest BCUT2D eigenvalue weighted by molar-refractivity contribution is 0.00213. The van der Waals surface area contributed by atoms with Gasteiger partial charge < -0.3 is 20.1 Å². The number of nitrogens with zero attached hydrogens (tertiary/aromatic N) is 1. The zero-order valence-corrected chi connectivity index (χ0v) is 15.1. The van der Waals surface area contributed by atoms with Gasteiger partial charge in [0.05, 0.1) is 19.8 Å². The topological polar surface area (TPSA) is 62.8 Å². The van der Waals surface area contributed by atoms with Crippen molar-refractivity contribution in [3.8, 4) is 0 Å². The Morgan fingerprint density at radius 1 is 1.19 bits per heavy atom. The third-order valence-electron chi connectivity index (χ3n) is 5.13. The highest BCUT2D eigenvalue weighted by Gasteiger charge is 2.31. The zero-order valence-electron chi connectivity index (χ0n) is 15.1. The fraction of sp³-hybridized carbons (Fsp3) is 0.632. The second-order valence-corrected chi connectivity index (χ2v) is 6.82. The number of carbonyl (C=O) groups is 1. The Morgan fingerprint density at radius 2 is 2.00 bits per heavy atom. The van der Waals surface area contributed by atoms with Crippen LogP contribution in [0.25, 0.3) is 0 Å². The summed E-state index contributed by atoms with van der Waals surface area (Å²) in [5, 5.41) is 5.79. The Morgan fingerprint density at radius 3 is 2.73 bits per heavy atom. The Hall–Kier alpha value is -1.70. The van der Waals surface area contributed by atoms with Crippen LogP contribution in [0.1, 0.15) is 12.0 Å². The van der Waals surface area contributed by atoms with Gasteiger partial charge in [0, 0.05) is 44.7 Å². The third-order valence-corrected chi connectivity index (χ3v) is 5.13. The summed E-state index contributed by atoms with van der Waals surface area (Å²) < 4.78 is 24.6. The predicted molar refractivity (Wildman–Crippen MR) is 96.6 cm³/mol. The van der Waals surface area contributed by atoms with Gasteiger partial charge in [-0.25, -0.2) is 9.18 Å². The molecule has 0 spiro atoms. The lowest BCUT2D eigenvalue weighted by atomic mass is 9.97. The van der Waals surface area contributed by atoms with E-state index in [9.17, 15) is 9.18 Å². The number of halogens is 1. The highest BCUT2D eigenvalue weighted by molar-refractivity contribution is 5.73. The number of morpholine rings is 1. The van der Waals surface area contributed by atoms with Gasteiger partial charge in [-0.3, -0.25) is 4.90 Å². The van der Waals surface area contributed by atoms with Gasteiger partial charge in [-0.15, -0.1) is 0 Å². The first-order valence-electron chi connectivity index (χ1n) is 9.38. The number of ether oxygens (including phenoxy) is 2. The van der Waals surface area contributed by atoms with E-state index in [4.69, 9.17) is 9.47 Å². The van der Waals surface area contributed by atoms with Gasteiger partial charge in [-0.05, 0) is 24.5 Å². The fourth-order valence-corrected chi connectivity index (χ4v) is 3.63. The van der Waals surface area contributed by atoms with Crippen LogP contribution in [0.3, 0.4) is 0 Å². The third kappa shape index (κ3) is 5.40. The largest absolute Gasteiger partial charge is 0.381 e. The van der Waals surface area contributed by atoms with E-state index < -0.39 is 0 Å². The van der Waals surface area contributed by atoms with Crippen molar-refractivity contribution in [1.82, 2.24) is 15.5 Å². The maximum atomic E-state index is 13.6.